The Kier molecular flexibility index (Phi) is 9.45. The summed E-state index contributed by atoms with van der Waals surface area (Å²) in [6, 6.07) is 7.87. The quantitative estimate of drug-likeness (QED) is 0.446. The summed E-state index contributed by atoms with van der Waals surface area (Å²) < 4.78 is 11.3. The number of guanidine groups is 1. The van der Waals surface area contributed by atoms with Gasteiger partial charge in [0.2, 0.25) is 5.91 Å². The average molecular weight is 391 g/mol. The first kappa shape index (κ1) is 21.9. The van der Waals surface area contributed by atoms with Gasteiger partial charge in [-0.05, 0) is 38.8 Å². The maximum Gasteiger partial charge on any atom is 0.242 e. The van der Waals surface area contributed by atoms with E-state index in [9.17, 15) is 4.79 Å². The van der Waals surface area contributed by atoms with Crippen molar-refractivity contribution in [2.45, 2.75) is 58.1 Å². The van der Waals surface area contributed by atoms with Crippen molar-refractivity contribution in [2.24, 2.45) is 4.99 Å². The van der Waals surface area contributed by atoms with Gasteiger partial charge in [-0.2, -0.15) is 0 Å². The molecule has 0 aromatic heterocycles. The fourth-order valence-electron chi connectivity index (χ4n) is 3.23. The molecule has 1 aliphatic rings. The zero-order valence-electron chi connectivity index (χ0n) is 17.3. The minimum atomic E-state index is -0.101. The van der Waals surface area contributed by atoms with Gasteiger partial charge in [0.15, 0.2) is 17.5 Å². The average Bonchev–Trinajstić information content (AvgIpc) is 2.71. The van der Waals surface area contributed by atoms with Crippen LogP contribution in [0, 0.1) is 0 Å². The van der Waals surface area contributed by atoms with E-state index in [1.165, 1.54) is 19.3 Å². The minimum absolute atomic E-state index is 0.0255. The van der Waals surface area contributed by atoms with Gasteiger partial charge in [0, 0.05) is 12.6 Å². The minimum Gasteiger partial charge on any atom is -0.493 e. The monoisotopic (exact) mass is 390 g/mol. The van der Waals surface area contributed by atoms with Crippen molar-refractivity contribution in [3.8, 4) is 11.5 Å². The van der Waals surface area contributed by atoms with Crippen LogP contribution >= 0.6 is 0 Å². The van der Waals surface area contributed by atoms with Crippen molar-refractivity contribution in [1.29, 1.82) is 0 Å². The number of hydrogen-bond donors (Lipinski definition) is 3. The highest BCUT2D eigenvalue weighted by Crippen LogP contribution is 2.26. The Morgan fingerprint density at radius 1 is 1.18 bits per heavy atom. The molecule has 2 rings (SSSR count). The van der Waals surface area contributed by atoms with Gasteiger partial charge < -0.3 is 25.4 Å². The molecule has 1 aromatic carbocycles. The number of carbonyl (C=O) groups is 1. The number of benzene rings is 1. The predicted molar refractivity (Wildman–Crippen MR) is 112 cm³/mol. The summed E-state index contributed by atoms with van der Waals surface area (Å²) in [6.45, 7) is 5.35. The molecule has 7 nitrogen and oxygen atoms in total. The Bertz CT molecular complexity index is 630. The van der Waals surface area contributed by atoms with E-state index in [0.29, 0.717) is 30.0 Å². The number of nitrogens with one attached hydrogen (secondary N) is 3. The lowest BCUT2D eigenvalue weighted by molar-refractivity contribution is -0.120. The van der Waals surface area contributed by atoms with Crippen LogP contribution in [-0.4, -0.2) is 50.8 Å². The molecule has 0 heterocycles. The summed E-state index contributed by atoms with van der Waals surface area (Å²) in [5, 5.41) is 9.48. The molecule has 156 valence electrons. The van der Waals surface area contributed by atoms with E-state index >= 15 is 0 Å². The number of hydrogen-bond acceptors (Lipinski definition) is 4. The van der Waals surface area contributed by atoms with Crippen molar-refractivity contribution in [3.05, 3.63) is 24.3 Å². The first-order valence-corrected chi connectivity index (χ1v) is 10.2. The molecule has 7 heteroatoms. The highest BCUT2D eigenvalue weighted by molar-refractivity contribution is 5.85. The standard InChI is InChI=1S/C21H34N4O3/c1-4-22-21(24-15-20(26)25-17-10-6-5-7-11-17)23-14-16(2)28-19-13-9-8-12-18(19)27-3/h8-9,12-13,16-17H,4-7,10-11,14-15H2,1-3H3,(H,25,26)(H2,22,23,24). The van der Waals surface area contributed by atoms with Gasteiger partial charge in [0.05, 0.1) is 13.7 Å². The van der Waals surface area contributed by atoms with E-state index in [0.717, 1.165) is 19.4 Å². The molecule has 1 amide bonds. The smallest absolute Gasteiger partial charge is 0.242 e. The van der Waals surface area contributed by atoms with Gasteiger partial charge in [-0.15, -0.1) is 0 Å². The van der Waals surface area contributed by atoms with Crippen LogP contribution in [-0.2, 0) is 4.79 Å². The summed E-state index contributed by atoms with van der Waals surface area (Å²) >= 11 is 0. The van der Waals surface area contributed by atoms with Crippen LogP contribution in [0.1, 0.15) is 46.0 Å². The molecule has 1 saturated carbocycles. The normalized spacial score (nSPS) is 16.2. The number of methoxy groups -OCH3 is 1. The van der Waals surface area contributed by atoms with Crippen LogP contribution in [0.15, 0.2) is 29.3 Å². The SMILES string of the molecule is CCNC(=NCC(=O)NC1CCCCC1)NCC(C)Oc1ccccc1OC. The van der Waals surface area contributed by atoms with Gasteiger partial charge in [-0.3, -0.25) is 4.79 Å². The topological polar surface area (TPSA) is 84.0 Å². The summed E-state index contributed by atoms with van der Waals surface area (Å²) in [6.07, 6.45) is 5.72. The number of aliphatic imine (C=N–C) groups is 1. The summed E-state index contributed by atoms with van der Waals surface area (Å²) in [4.78, 5) is 16.6. The van der Waals surface area contributed by atoms with Gasteiger partial charge in [0.1, 0.15) is 12.6 Å². The third-order valence-electron chi connectivity index (χ3n) is 4.65. The predicted octanol–water partition coefficient (Wildman–Crippen LogP) is 2.47. The molecular formula is C21H34N4O3. The summed E-state index contributed by atoms with van der Waals surface area (Å²) in [5.41, 5.74) is 0. The molecule has 1 aliphatic carbocycles. The van der Waals surface area contributed by atoms with Crippen LogP contribution < -0.4 is 25.4 Å². The van der Waals surface area contributed by atoms with Gasteiger partial charge >= 0.3 is 0 Å². The molecule has 28 heavy (non-hydrogen) atoms. The molecule has 1 fully saturated rings. The molecule has 0 saturated heterocycles. The maximum absolute atomic E-state index is 12.2. The highest BCUT2D eigenvalue weighted by atomic mass is 16.5. The molecule has 0 spiro atoms. The fourth-order valence-corrected chi connectivity index (χ4v) is 3.23. The van der Waals surface area contributed by atoms with Crippen molar-refractivity contribution >= 4 is 11.9 Å². The Balaban J connectivity index is 1.80. The molecule has 1 unspecified atom stereocenters. The molecule has 3 N–H and O–H groups in total. The molecule has 0 aliphatic heterocycles. The Morgan fingerprint density at radius 2 is 1.89 bits per heavy atom. The Labute approximate surface area is 168 Å². The molecule has 0 radical (unpaired) electrons. The number of carbonyl (C=O) groups excluding carboxylic acids is 1. The maximum atomic E-state index is 12.2. The van der Waals surface area contributed by atoms with E-state index < -0.39 is 0 Å². The van der Waals surface area contributed by atoms with Gasteiger partial charge in [0.25, 0.3) is 0 Å². The molecule has 1 aromatic rings. The summed E-state index contributed by atoms with van der Waals surface area (Å²) in [7, 11) is 1.62. The van der Waals surface area contributed by atoms with Crippen molar-refractivity contribution in [1.82, 2.24) is 16.0 Å². The number of rotatable bonds is 9. The van der Waals surface area contributed by atoms with E-state index in [1.54, 1.807) is 7.11 Å². The largest absolute Gasteiger partial charge is 0.493 e. The van der Waals surface area contributed by atoms with E-state index in [2.05, 4.69) is 20.9 Å². The number of amides is 1. The molecule has 0 bridgehead atoms. The van der Waals surface area contributed by atoms with Crippen molar-refractivity contribution < 1.29 is 14.3 Å². The number of nitrogens with zero attached hydrogens (tertiary/aromatic N) is 1. The summed E-state index contributed by atoms with van der Waals surface area (Å²) in [5.74, 6) is 1.99. The number of ether oxygens (including phenoxy) is 2. The highest BCUT2D eigenvalue weighted by Gasteiger charge is 2.15. The third kappa shape index (κ3) is 7.66. The Hall–Kier alpha value is -2.44. The lowest BCUT2D eigenvalue weighted by Gasteiger charge is -2.22. The van der Waals surface area contributed by atoms with E-state index in [-0.39, 0.29) is 18.6 Å². The molecule has 1 atom stereocenters. The van der Waals surface area contributed by atoms with Gasteiger partial charge in [-0.25, -0.2) is 4.99 Å². The first-order chi connectivity index (χ1) is 13.6. The van der Waals surface area contributed by atoms with Gasteiger partial charge in [-0.1, -0.05) is 31.4 Å². The second-order valence-corrected chi connectivity index (χ2v) is 7.06. The first-order valence-electron chi connectivity index (χ1n) is 10.2. The second kappa shape index (κ2) is 12.1. The van der Waals surface area contributed by atoms with E-state index in [1.807, 2.05) is 38.1 Å². The van der Waals surface area contributed by atoms with Crippen molar-refractivity contribution in [2.75, 3.05) is 26.7 Å². The third-order valence-corrected chi connectivity index (χ3v) is 4.65. The fraction of sp³-hybridized carbons (Fsp3) is 0.619. The van der Waals surface area contributed by atoms with Crippen LogP contribution in [0.25, 0.3) is 0 Å². The molecular weight excluding hydrogens is 356 g/mol. The number of para-hydroxylation sites is 2. The second-order valence-electron chi connectivity index (χ2n) is 7.06. The van der Waals surface area contributed by atoms with Crippen LogP contribution in [0.4, 0.5) is 0 Å². The zero-order chi connectivity index (χ0) is 20.2. The lowest BCUT2D eigenvalue weighted by atomic mass is 9.95. The van der Waals surface area contributed by atoms with E-state index in [4.69, 9.17) is 9.47 Å². The zero-order valence-corrected chi connectivity index (χ0v) is 17.3. The van der Waals surface area contributed by atoms with Crippen LogP contribution in [0.3, 0.4) is 0 Å². The van der Waals surface area contributed by atoms with Crippen LogP contribution in [0.5, 0.6) is 11.5 Å². The van der Waals surface area contributed by atoms with Crippen molar-refractivity contribution in [3.63, 3.8) is 0 Å². The van der Waals surface area contributed by atoms with Crippen LogP contribution in [0.2, 0.25) is 0 Å². The lowest BCUT2D eigenvalue weighted by Crippen LogP contribution is -2.43. The Morgan fingerprint density at radius 3 is 2.57 bits per heavy atom.